The first-order valence-electron chi connectivity index (χ1n) is 12.0. The maximum absolute atomic E-state index is 12.5. The molecule has 0 aliphatic heterocycles. The molecule has 6 nitrogen and oxygen atoms in total. The number of alkyl halides is 3. The van der Waals surface area contributed by atoms with Gasteiger partial charge in [-0.05, 0) is 72.1 Å². The largest absolute Gasteiger partial charge is 0.573 e. The number of carbonyl (C=O) groups excluding carboxylic acids is 1. The molecule has 0 saturated carbocycles. The molecule has 0 aromatic heterocycles. The Bertz CT molecular complexity index is 1350. The molecule has 4 aromatic rings. The third kappa shape index (κ3) is 8.43. The standard InChI is InChI=1S/C30H25F3O6/c1-2-35-29(34)20-37-27-17-10-23(22-8-11-26(12-9-22)39-30(31,32)33)18-28(27)38-25-15-13-24(14-16-25)36-19-21-6-4-3-5-7-21/h3-18H,2,19-20H2,1H3. The molecule has 0 heterocycles. The number of carbonyl (C=O) groups is 1. The van der Waals surface area contributed by atoms with Crippen molar-refractivity contribution in [2.24, 2.45) is 0 Å². The summed E-state index contributed by atoms with van der Waals surface area (Å²) in [6.45, 7) is 2.01. The summed E-state index contributed by atoms with van der Waals surface area (Å²) in [6.07, 6.45) is -4.78. The van der Waals surface area contributed by atoms with Gasteiger partial charge in [0, 0.05) is 0 Å². The summed E-state index contributed by atoms with van der Waals surface area (Å²) < 4.78 is 63.9. The Kier molecular flexibility index (Phi) is 8.94. The van der Waals surface area contributed by atoms with Crippen molar-refractivity contribution in [1.29, 1.82) is 0 Å². The fraction of sp³-hybridized carbons (Fsp3) is 0.167. The summed E-state index contributed by atoms with van der Waals surface area (Å²) >= 11 is 0. The minimum absolute atomic E-state index is 0.219. The predicted octanol–water partition coefficient (Wildman–Crippen LogP) is 7.57. The van der Waals surface area contributed by atoms with E-state index in [0.717, 1.165) is 5.56 Å². The van der Waals surface area contributed by atoms with Gasteiger partial charge in [-0.3, -0.25) is 0 Å². The fourth-order valence-corrected chi connectivity index (χ4v) is 3.55. The smallest absolute Gasteiger partial charge is 0.489 e. The van der Waals surface area contributed by atoms with Crippen LogP contribution < -0.4 is 18.9 Å². The number of esters is 1. The van der Waals surface area contributed by atoms with Crippen molar-refractivity contribution in [3.05, 3.63) is 103 Å². The number of benzene rings is 4. The molecule has 4 aromatic carbocycles. The Labute approximate surface area is 223 Å². The lowest BCUT2D eigenvalue weighted by molar-refractivity contribution is -0.274. The Morgan fingerprint density at radius 2 is 1.36 bits per heavy atom. The lowest BCUT2D eigenvalue weighted by atomic mass is 10.0. The highest BCUT2D eigenvalue weighted by molar-refractivity contribution is 5.72. The van der Waals surface area contributed by atoms with Crippen LogP contribution in [0, 0.1) is 0 Å². The average Bonchev–Trinajstić information content (AvgIpc) is 2.92. The molecule has 0 aliphatic carbocycles. The average molecular weight is 539 g/mol. The zero-order valence-electron chi connectivity index (χ0n) is 20.9. The van der Waals surface area contributed by atoms with Crippen LogP contribution in [0.3, 0.4) is 0 Å². The second-order valence-electron chi connectivity index (χ2n) is 8.18. The first kappa shape index (κ1) is 27.4. The molecule has 0 unspecified atom stereocenters. The molecule has 0 N–H and O–H groups in total. The highest BCUT2D eigenvalue weighted by Gasteiger charge is 2.31. The van der Waals surface area contributed by atoms with Crippen molar-refractivity contribution >= 4 is 5.97 Å². The second kappa shape index (κ2) is 12.7. The van der Waals surface area contributed by atoms with Gasteiger partial charge in [0.05, 0.1) is 6.61 Å². The maximum atomic E-state index is 12.5. The van der Waals surface area contributed by atoms with Gasteiger partial charge in [-0.1, -0.05) is 48.5 Å². The van der Waals surface area contributed by atoms with Gasteiger partial charge < -0.3 is 23.7 Å². The van der Waals surface area contributed by atoms with Gasteiger partial charge in [0.1, 0.15) is 23.9 Å². The first-order valence-corrected chi connectivity index (χ1v) is 12.0. The number of hydrogen-bond donors (Lipinski definition) is 0. The molecule has 0 aliphatic rings. The molecule has 0 radical (unpaired) electrons. The van der Waals surface area contributed by atoms with Crippen LogP contribution in [0.4, 0.5) is 13.2 Å². The second-order valence-corrected chi connectivity index (χ2v) is 8.18. The third-order valence-corrected chi connectivity index (χ3v) is 5.32. The number of rotatable bonds is 11. The van der Waals surface area contributed by atoms with E-state index in [-0.39, 0.29) is 24.7 Å². The normalized spacial score (nSPS) is 11.0. The molecular weight excluding hydrogens is 513 g/mol. The third-order valence-electron chi connectivity index (χ3n) is 5.32. The van der Waals surface area contributed by atoms with Crippen LogP contribution in [-0.2, 0) is 16.1 Å². The number of hydrogen-bond acceptors (Lipinski definition) is 6. The molecule has 9 heteroatoms. The first-order chi connectivity index (χ1) is 18.8. The van der Waals surface area contributed by atoms with Crippen molar-refractivity contribution in [2.75, 3.05) is 13.2 Å². The van der Waals surface area contributed by atoms with Gasteiger partial charge in [-0.2, -0.15) is 0 Å². The summed E-state index contributed by atoms with van der Waals surface area (Å²) in [5.74, 6) is 0.854. The van der Waals surface area contributed by atoms with Crippen molar-refractivity contribution in [3.8, 4) is 39.9 Å². The Morgan fingerprint density at radius 3 is 2.03 bits per heavy atom. The minimum Gasteiger partial charge on any atom is -0.489 e. The highest BCUT2D eigenvalue weighted by atomic mass is 19.4. The Hall–Kier alpha value is -4.66. The van der Waals surface area contributed by atoms with E-state index < -0.39 is 12.3 Å². The Morgan fingerprint density at radius 1 is 0.718 bits per heavy atom. The summed E-state index contributed by atoms with van der Waals surface area (Å²) in [4.78, 5) is 11.8. The van der Waals surface area contributed by atoms with E-state index in [1.807, 2.05) is 30.3 Å². The van der Waals surface area contributed by atoms with Crippen molar-refractivity contribution in [3.63, 3.8) is 0 Å². The van der Waals surface area contributed by atoms with Crippen LogP contribution in [0.5, 0.6) is 28.7 Å². The molecule has 0 spiro atoms. The summed E-state index contributed by atoms with van der Waals surface area (Å²) in [6, 6.07) is 27.2. The van der Waals surface area contributed by atoms with E-state index in [1.165, 1.54) is 24.3 Å². The fourth-order valence-electron chi connectivity index (χ4n) is 3.55. The number of ether oxygens (including phenoxy) is 5. The minimum atomic E-state index is -4.78. The monoisotopic (exact) mass is 538 g/mol. The van der Waals surface area contributed by atoms with Crippen LogP contribution in [0.15, 0.2) is 97.1 Å². The predicted molar refractivity (Wildman–Crippen MR) is 138 cm³/mol. The molecule has 0 atom stereocenters. The van der Waals surface area contributed by atoms with Gasteiger partial charge in [0.2, 0.25) is 0 Å². The zero-order chi connectivity index (χ0) is 27.7. The molecule has 0 saturated heterocycles. The summed E-state index contributed by atoms with van der Waals surface area (Å²) in [5, 5.41) is 0. The van der Waals surface area contributed by atoms with Crippen LogP contribution in [0.25, 0.3) is 11.1 Å². The molecule has 4 rings (SSSR count). The molecular formula is C30H25F3O6. The van der Waals surface area contributed by atoms with E-state index in [2.05, 4.69) is 4.74 Å². The summed E-state index contributed by atoms with van der Waals surface area (Å²) in [5.41, 5.74) is 2.31. The molecule has 0 fully saturated rings. The van der Waals surface area contributed by atoms with E-state index in [9.17, 15) is 18.0 Å². The van der Waals surface area contributed by atoms with E-state index >= 15 is 0 Å². The Balaban J connectivity index is 1.52. The van der Waals surface area contributed by atoms with Crippen molar-refractivity contribution in [2.45, 2.75) is 19.9 Å². The van der Waals surface area contributed by atoms with Gasteiger partial charge in [0.15, 0.2) is 18.1 Å². The lowest BCUT2D eigenvalue weighted by Gasteiger charge is -2.15. The summed E-state index contributed by atoms with van der Waals surface area (Å²) in [7, 11) is 0. The van der Waals surface area contributed by atoms with Gasteiger partial charge in [-0.25, -0.2) is 4.79 Å². The van der Waals surface area contributed by atoms with Crippen molar-refractivity contribution in [1.82, 2.24) is 0 Å². The van der Waals surface area contributed by atoms with Crippen molar-refractivity contribution < 1.29 is 41.7 Å². The van der Waals surface area contributed by atoms with Crippen LogP contribution in [-0.4, -0.2) is 25.5 Å². The molecule has 202 valence electrons. The van der Waals surface area contributed by atoms with Gasteiger partial charge >= 0.3 is 12.3 Å². The van der Waals surface area contributed by atoms with Crippen LogP contribution in [0.2, 0.25) is 0 Å². The SMILES string of the molecule is CCOC(=O)COc1ccc(-c2ccc(OC(F)(F)F)cc2)cc1Oc1ccc(OCc2ccccc2)cc1. The molecule has 0 bridgehead atoms. The zero-order valence-corrected chi connectivity index (χ0v) is 20.9. The van der Waals surface area contributed by atoms with Crippen LogP contribution in [0.1, 0.15) is 12.5 Å². The molecule has 39 heavy (non-hydrogen) atoms. The van der Waals surface area contributed by atoms with E-state index in [0.29, 0.717) is 35.0 Å². The van der Waals surface area contributed by atoms with Crippen LogP contribution >= 0.6 is 0 Å². The lowest BCUT2D eigenvalue weighted by Crippen LogP contribution is -2.16. The quantitative estimate of drug-likeness (QED) is 0.184. The number of halogens is 3. The van der Waals surface area contributed by atoms with E-state index in [4.69, 9.17) is 18.9 Å². The highest BCUT2D eigenvalue weighted by Crippen LogP contribution is 2.37. The van der Waals surface area contributed by atoms with Gasteiger partial charge in [-0.15, -0.1) is 13.2 Å². The maximum Gasteiger partial charge on any atom is 0.573 e. The topological polar surface area (TPSA) is 63.2 Å². The molecule has 0 amide bonds. The van der Waals surface area contributed by atoms with E-state index in [1.54, 1.807) is 49.4 Å². The van der Waals surface area contributed by atoms with Gasteiger partial charge in [0.25, 0.3) is 0 Å².